The van der Waals surface area contributed by atoms with Gasteiger partial charge in [0, 0.05) is 0 Å². The van der Waals surface area contributed by atoms with E-state index in [0.29, 0.717) is 0 Å². The van der Waals surface area contributed by atoms with Crippen molar-refractivity contribution >= 4 is 16.1 Å². The van der Waals surface area contributed by atoms with Gasteiger partial charge in [0.2, 0.25) is 0 Å². The van der Waals surface area contributed by atoms with E-state index in [1.807, 2.05) is 0 Å². The largest absolute Gasteiger partial charge is 0.464 e. The lowest BCUT2D eigenvalue weighted by Crippen LogP contribution is -2.29. The average molecular weight is 219 g/mol. The fourth-order valence-electron chi connectivity index (χ4n) is 0.833. The van der Waals surface area contributed by atoms with Gasteiger partial charge in [-0.1, -0.05) is 12.1 Å². The fourth-order valence-corrected chi connectivity index (χ4v) is 1.75. The van der Waals surface area contributed by atoms with Crippen molar-refractivity contribution in [1.29, 1.82) is 0 Å². The summed E-state index contributed by atoms with van der Waals surface area (Å²) in [7, 11) is -4.31. The van der Waals surface area contributed by atoms with Crippen LogP contribution in [0.25, 0.3) is 0 Å². The summed E-state index contributed by atoms with van der Waals surface area (Å²) in [6, 6.07) is 4.49. The maximum absolute atomic E-state index is 12.9. The van der Waals surface area contributed by atoms with Gasteiger partial charge in [-0.2, -0.15) is 0 Å². The summed E-state index contributed by atoms with van der Waals surface area (Å²) in [6.07, 6.45) is -1.76. The molecule has 0 unspecified atom stereocenters. The number of amides is 1. The Morgan fingerprint density at radius 2 is 1.93 bits per heavy atom. The molecule has 0 aliphatic heterocycles. The van der Waals surface area contributed by atoms with Gasteiger partial charge in [-0.15, -0.1) is 0 Å². The van der Waals surface area contributed by atoms with Crippen LogP contribution in [-0.2, 0) is 10.0 Å². The van der Waals surface area contributed by atoms with Crippen LogP contribution in [0, 0.1) is 5.82 Å². The Hall–Kier alpha value is -1.63. The van der Waals surface area contributed by atoms with Crippen LogP contribution in [-0.4, -0.2) is 19.6 Å². The monoisotopic (exact) mass is 219 g/mol. The van der Waals surface area contributed by atoms with Crippen molar-refractivity contribution in [2.45, 2.75) is 4.90 Å². The van der Waals surface area contributed by atoms with Gasteiger partial charge in [0.15, 0.2) is 0 Å². The Bertz CT molecular complexity index is 457. The summed E-state index contributed by atoms with van der Waals surface area (Å²) in [6.45, 7) is 0. The number of sulfonamides is 1. The van der Waals surface area contributed by atoms with Crippen LogP contribution in [0.15, 0.2) is 29.2 Å². The lowest BCUT2D eigenvalue weighted by Gasteiger charge is -2.03. The molecule has 76 valence electrons. The third-order valence-corrected chi connectivity index (χ3v) is 2.70. The van der Waals surface area contributed by atoms with E-state index in [1.165, 1.54) is 16.9 Å². The predicted octanol–water partition coefficient (Wildman–Crippen LogP) is 0.782. The van der Waals surface area contributed by atoms with Crippen molar-refractivity contribution in [2.75, 3.05) is 0 Å². The first-order valence-electron chi connectivity index (χ1n) is 3.44. The van der Waals surface area contributed by atoms with Crippen molar-refractivity contribution in [3.8, 4) is 0 Å². The van der Waals surface area contributed by atoms with Gasteiger partial charge in [0.1, 0.15) is 10.7 Å². The minimum atomic E-state index is -4.31. The van der Waals surface area contributed by atoms with E-state index in [0.717, 1.165) is 12.1 Å². The highest BCUT2D eigenvalue weighted by atomic mass is 32.2. The van der Waals surface area contributed by atoms with E-state index in [9.17, 15) is 17.6 Å². The second kappa shape index (κ2) is 3.62. The zero-order chi connectivity index (χ0) is 10.8. The molecule has 0 atom stereocenters. The predicted molar refractivity (Wildman–Crippen MR) is 44.7 cm³/mol. The van der Waals surface area contributed by atoms with E-state index in [2.05, 4.69) is 0 Å². The second-order valence-electron chi connectivity index (χ2n) is 2.34. The van der Waals surface area contributed by atoms with Gasteiger partial charge in [0.05, 0.1) is 0 Å². The number of hydrogen-bond donors (Lipinski definition) is 2. The summed E-state index contributed by atoms with van der Waals surface area (Å²) in [4.78, 5) is 9.39. The molecule has 1 rings (SSSR count). The van der Waals surface area contributed by atoms with Crippen LogP contribution in [0.5, 0.6) is 0 Å². The number of carbonyl (C=O) groups is 1. The first-order valence-corrected chi connectivity index (χ1v) is 4.92. The molecule has 0 fully saturated rings. The first-order chi connectivity index (χ1) is 6.43. The van der Waals surface area contributed by atoms with Gasteiger partial charge < -0.3 is 5.11 Å². The van der Waals surface area contributed by atoms with Crippen molar-refractivity contribution in [1.82, 2.24) is 4.72 Å². The summed E-state index contributed by atoms with van der Waals surface area (Å²) < 4.78 is 36.4. The summed E-state index contributed by atoms with van der Waals surface area (Å²) >= 11 is 0. The quantitative estimate of drug-likeness (QED) is 0.769. The number of carboxylic acid groups (broad SMARTS) is 1. The number of benzene rings is 1. The van der Waals surface area contributed by atoms with Gasteiger partial charge in [-0.05, 0) is 12.1 Å². The summed E-state index contributed by atoms with van der Waals surface area (Å²) in [5.41, 5.74) is 0. The smallest absolute Gasteiger partial charge is 0.418 e. The second-order valence-corrected chi connectivity index (χ2v) is 3.99. The number of halogens is 1. The molecule has 0 bridgehead atoms. The van der Waals surface area contributed by atoms with Crippen LogP contribution >= 0.6 is 0 Å². The Labute approximate surface area is 79.2 Å². The first kappa shape index (κ1) is 10.5. The minimum Gasteiger partial charge on any atom is -0.464 e. The highest BCUT2D eigenvalue weighted by Gasteiger charge is 2.20. The number of hydrogen-bond acceptors (Lipinski definition) is 3. The van der Waals surface area contributed by atoms with Gasteiger partial charge in [0.25, 0.3) is 10.0 Å². The average Bonchev–Trinajstić information content (AvgIpc) is 2.02. The highest BCUT2D eigenvalue weighted by molar-refractivity contribution is 7.90. The van der Waals surface area contributed by atoms with E-state index < -0.39 is 26.8 Å². The fraction of sp³-hybridized carbons (Fsp3) is 0. The normalized spacial score (nSPS) is 10.9. The molecular weight excluding hydrogens is 213 g/mol. The molecule has 0 aliphatic rings. The third kappa shape index (κ3) is 2.19. The van der Waals surface area contributed by atoms with E-state index >= 15 is 0 Å². The van der Waals surface area contributed by atoms with Crippen LogP contribution < -0.4 is 4.72 Å². The summed E-state index contributed by atoms with van der Waals surface area (Å²) in [5.74, 6) is -0.999. The molecule has 2 N–H and O–H groups in total. The molecule has 1 aromatic rings. The van der Waals surface area contributed by atoms with Crippen molar-refractivity contribution in [2.24, 2.45) is 0 Å². The molecule has 0 saturated carbocycles. The molecular formula is C7H6FNO4S. The maximum atomic E-state index is 12.9. The zero-order valence-corrected chi connectivity index (χ0v) is 7.58. The van der Waals surface area contributed by atoms with Crippen LogP contribution in [0.1, 0.15) is 0 Å². The Kier molecular flexibility index (Phi) is 2.70. The molecule has 0 saturated heterocycles. The lowest BCUT2D eigenvalue weighted by molar-refractivity contribution is 0.201. The van der Waals surface area contributed by atoms with Crippen LogP contribution in [0.4, 0.5) is 9.18 Å². The van der Waals surface area contributed by atoms with E-state index in [1.54, 1.807) is 0 Å². The van der Waals surface area contributed by atoms with Gasteiger partial charge >= 0.3 is 6.09 Å². The van der Waals surface area contributed by atoms with Crippen LogP contribution in [0.3, 0.4) is 0 Å². The zero-order valence-electron chi connectivity index (χ0n) is 6.77. The Balaban J connectivity index is 3.17. The Morgan fingerprint density at radius 3 is 2.43 bits per heavy atom. The molecule has 0 aliphatic carbocycles. The third-order valence-electron chi connectivity index (χ3n) is 1.35. The van der Waals surface area contributed by atoms with Gasteiger partial charge in [-0.25, -0.2) is 22.3 Å². The van der Waals surface area contributed by atoms with Crippen molar-refractivity contribution in [3.05, 3.63) is 30.1 Å². The van der Waals surface area contributed by atoms with Crippen LogP contribution in [0.2, 0.25) is 0 Å². The molecule has 7 heteroatoms. The lowest BCUT2D eigenvalue weighted by atomic mass is 10.4. The molecule has 5 nitrogen and oxygen atoms in total. The van der Waals surface area contributed by atoms with Crippen molar-refractivity contribution in [3.63, 3.8) is 0 Å². The summed E-state index contributed by atoms with van der Waals surface area (Å²) in [5, 5.41) is 8.19. The molecule has 0 heterocycles. The SMILES string of the molecule is O=C(O)NS(=O)(=O)c1ccccc1F. The Morgan fingerprint density at radius 1 is 1.36 bits per heavy atom. The molecule has 0 spiro atoms. The molecule has 1 amide bonds. The van der Waals surface area contributed by atoms with Crippen molar-refractivity contribution < 1.29 is 22.7 Å². The number of rotatable bonds is 2. The minimum absolute atomic E-state index is 0.692. The molecule has 14 heavy (non-hydrogen) atoms. The standard InChI is InChI=1S/C7H6FNO4S/c8-5-3-1-2-4-6(5)14(12,13)9-7(10)11/h1-4,9H,(H,10,11). The highest BCUT2D eigenvalue weighted by Crippen LogP contribution is 2.12. The maximum Gasteiger partial charge on any atom is 0.418 e. The van der Waals surface area contributed by atoms with E-state index in [-0.39, 0.29) is 0 Å². The molecule has 0 aromatic heterocycles. The molecule has 1 aromatic carbocycles. The molecule has 0 radical (unpaired) electrons. The van der Waals surface area contributed by atoms with Gasteiger partial charge in [-0.3, -0.25) is 0 Å². The topological polar surface area (TPSA) is 83.5 Å². The van der Waals surface area contributed by atoms with E-state index in [4.69, 9.17) is 5.11 Å². The number of nitrogens with one attached hydrogen (secondary N) is 1.